The summed E-state index contributed by atoms with van der Waals surface area (Å²) in [6.07, 6.45) is 0. The van der Waals surface area contributed by atoms with Crippen molar-refractivity contribution in [2.24, 2.45) is 0 Å². The highest BCUT2D eigenvalue weighted by molar-refractivity contribution is 14.1. The molecule has 12 heteroatoms. The van der Waals surface area contributed by atoms with Crippen LogP contribution >= 0.6 is 34.2 Å². The Kier molecular flexibility index (Phi) is 8.61. The Morgan fingerprint density at radius 2 is 1.37 bits per heavy atom. The minimum absolute atomic E-state index is 0.0393. The Balaban J connectivity index is 1.52. The van der Waals surface area contributed by atoms with Crippen molar-refractivity contribution in [1.82, 2.24) is 0 Å². The van der Waals surface area contributed by atoms with Gasteiger partial charge in [0.1, 0.15) is 6.54 Å². The number of halogens is 2. The van der Waals surface area contributed by atoms with Gasteiger partial charge in [0, 0.05) is 9.26 Å². The van der Waals surface area contributed by atoms with E-state index in [1.165, 1.54) is 42.5 Å². The first kappa shape index (κ1) is 27.9. The summed E-state index contributed by atoms with van der Waals surface area (Å²) in [6.45, 7) is -0.494. The maximum Gasteiger partial charge on any atom is 0.264 e. The second kappa shape index (κ2) is 11.7. The van der Waals surface area contributed by atoms with Crippen LogP contribution in [0.15, 0.2) is 113 Å². The maximum atomic E-state index is 13.4. The first-order chi connectivity index (χ1) is 18.1. The molecule has 38 heavy (non-hydrogen) atoms. The van der Waals surface area contributed by atoms with Gasteiger partial charge in [-0.25, -0.2) is 16.8 Å². The van der Waals surface area contributed by atoms with Crippen molar-refractivity contribution >= 4 is 77.2 Å². The largest absolute Gasteiger partial charge is 0.325 e. The van der Waals surface area contributed by atoms with Crippen LogP contribution in [0, 0.1) is 3.57 Å². The normalized spacial score (nSPS) is 11.5. The first-order valence-corrected chi connectivity index (χ1v) is 15.4. The van der Waals surface area contributed by atoms with Crippen LogP contribution in [0.1, 0.15) is 0 Å². The number of rotatable bonds is 9. The average Bonchev–Trinajstić information content (AvgIpc) is 2.90. The van der Waals surface area contributed by atoms with E-state index in [4.69, 9.17) is 11.6 Å². The number of para-hydroxylation sites is 1. The molecule has 4 aromatic rings. The van der Waals surface area contributed by atoms with Crippen molar-refractivity contribution in [2.45, 2.75) is 9.79 Å². The molecule has 0 saturated heterocycles. The molecule has 0 heterocycles. The maximum absolute atomic E-state index is 13.4. The Morgan fingerprint density at radius 3 is 2.00 bits per heavy atom. The van der Waals surface area contributed by atoms with Crippen LogP contribution in [0.4, 0.5) is 17.1 Å². The summed E-state index contributed by atoms with van der Waals surface area (Å²) in [6, 6.07) is 26.5. The average molecular weight is 682 g/mol. The number of hydrogen-bond donors (Lipinski definition) is 2. The van der Waals surface area contributed by atoms with E-state index in [0.717, 1.165) is 7.88 Å². The van der Waals surface area contributed by atoms with Gasteiger partial charge in [-0.2, -0.15) is 0 Å². The summed E-state index contributed by atoms with van der Waals surface area (Å²) in [5.41, 5.74) is 0.865. The van der Waals surface area contributed by atoms with Crippen molar-refractivity contribution in [2.75, 3.05) is 20.9 Å². The smallest absolute Gasteiger partial charge is 0.264 e. The fourth-order valence-corrected chi connectivity index (χ4v) is 6.56. The Morgan fingerprint density at radius 1 is 0.763 bits per heavy atom. The van der Waals surface area contributed by atoms with E-state index in [9.17, 15) is 21.6 Å². The predicted octanol–water partition coefficient (Wildman–Crippen LogP) is 5.58. The molecule has 0 saturated carbocycles. The number of anilines is 3. The van der Waals surface area contributed by atoms with Gasteiger partial charge >= 0.3 is 0 Å². The van der Waals surface area contributed by atoms with Gasteiger partial charge in [0.25, 0.3) is 20.0 Å². The predicted molar refractivity (Wildman–Crippen MR) is 157 cm³/mol. The van der Waals surface area contributed by atoms with E-state index in [2.05, 4.69) is 32.6 Å². The summed E-state index contributed by atoms with van der Waals surface area (Å²) >= 11 is 8.15. The zero-order chi connectivity index (χ0) is 27.3. The number of amides is 1. The molecule has 0 radical (unpaired) electrons. The third kappa shape index (κ3) is 6.65. The molecule has 1 amide bonds. The molecule has 8 nitrogen and oxygen atoms in total. The summed E-state index contributed by atoms with van der Waals surface area (Å²) in [5.74, 6) is -0.604. The summed E-state index contributed by atoms with van der Waals surface area (Å²) in [5, 5.41) is 2.88. The molecule has 0 aliphatic heterocycles. The van der Waals surface area contributed by atoms with Crippen LogP contribution in [0.2, 0.25) is 5.02 Å². The Labute approximate surface area is 239 Å². The van der Waals surface area contributed by atoms with E-state index in [0.29, 0.717) is 11.4 Å². The summed E-state index contributed by atoms with van der Waals surface area (Å²) < 4.78 is 56.6. The molecule has 4 rings (SSSR count). The molecule has 196 valence electrons. The lowest BCUT2D eigenvalue weighted by Crippen LogP contribution is -2.38. The zero-order valence-electron chi connectivity index (χ0n) is 19.6. The molecule has 0 spiro atoms. The van der Waals surface area contributed by atoms with Crippen LogP contribution in [0.5, 0.6) is 0 Å². The van der Waals surface area contributed by atoms with Crippen molar-refractivity contribution in [3.05, 3.63) is 112 Å². The SMILES string of the molecule is O=C(CN(c1ccc(I)cc1)S(=O)(=O)c1ccccc1)Nc1ccc(S(=O)(=O)Nc2ccccc2Cl)cc1. The third-order valence-electron chi connectivity index (χ3n) is 5.30. The van der Waals surface area contributed by atoms with Crippen molar-refractivity contribution in [1.29, 1.82) is 0 Å². The number of nitrogens with zero attached hydrogens (tertiary/aromatic N) is 1. The molecule has 0 atom stereocenters. The van der Waals surface area contributed by atoms with E-state index < -0.39 is 32.5 Å². The highest BCUT2D eigenvalue weighted by atomic mass is 127. The molecular weight excluding hydrogens is 661 g/mol. The van der Waals surface area contributed by atoms with Crippen LogP contribution in [0.3, 0.4) is 0 Å². The first-order valence-electron chi connectivity index (χ1n) is 11.1. The van der Waals surface area contributed by atoms with Gasteiger partial charge in [0.15, 0.2) is 0 Å². The number of hydrogen-bond acceptors (Lipinski definition) is 5. The van der Waals surface area contributed by atoms with Gasteiger partial charge in [0.2, 0.25) is 5.91 Å². The van der Waals surface area contributed by atoms with Crippen LogP contribution < -0.4 is 14.3 Å². The van der Waals surface area contributed by atoms with Crippen LogP contribution in [0.25, 0.3) is 0 Å². The second-order valence-corrected chi connectivity index (χ2v) is 13.2. The minimum Gasteiger partial charge on any atom is -0.325 e. The standard InChI is InChI=1S/C26H21ClIN3O5S2/c27-24-8-4-5-9-25(24)30-37(33,34)22-16-12-20(13-17-22)29-26(32)18-31(21-14-10-19(28)11-15-21)38(35,36)23-6-2-1-3-7-23/h1-17,30H,18H2,(H,29,32). The van der Waals surface area contributed by atoms with E-state index in [1.54, 1.807) is 60.7 Å². The van der Waals surface area contributed by atoms with Crippen molar-refractivity contribution < 1.29 is 21.6 Å². The number of benzene rings is 4. The third-order valence-corrected chi connectivity index (χ3v) is 9.52. The van der Waals surface area contributed by atoms with Gasteiger partial charge in [-0.05, 0) is 95.4 Å². The number of sulfonamides is 2. The quantitative estimate of drug-likeness (QED) is 0.224. The fraction of sp³-hybridized carbons (Fsp3) is 0.0385. The second-order valence-electron chi connectivity index (χ2n) is 7.96. The Hall–Kier alpha value is -3.13. The van der Waals surface area contributed by atoms with E-state index in [1.807, 2.05) is 0 Å². The highest BCUT2D eigenvalue weighted by Crippen LogP contribution is 2.26. The number of nitrogens with one attached hydrogen (secondary N) is 2. The van der Waals surface area contributed by atoms with E-state index >= 15 is 0 Å². The topological polar surface area (TPSA) is 113 Å². The minimum atomic E-state index is -4.04. The monoisotopic (exact) mass is 681 g/mol. The molecule has 0 aromatic heterocycles. The lowest BCUT2D eigenvalue weighted by atomic mass is 10.3. The molecule has 2 N–H and O–H groups in total. The van der Waals surface area contributed by atoms with E-state index in [-0.39, 0.29) is 20.5 Å². The molecule has 0 fully saturated rings. The highest BCUT2D eigenvalue weighted by Gasteiger charge is 2.27. The molecule has 4 aromatic carbocycles. The van der Waals surface area contributed by atoms with Crippen molar-refractivity contribution in [3.8, 4) is 0 Å². The molecule has 0 unspecified atom stereocenters. The fourth-order valence-electron chi connectivity index (χ4n) is 3.44. The van der Waals surface area contributed by atoms with Crippen molar-refractivity contribution in [3.63, 3.8) is 0 Å². The van der Waals surface area contributed by atoms with Gasteiger partial charge in [0.05, 0.1) is 26.2 Å². The number of carbonyl (C=O) groups excluding carboxylic acids is 1. The van der Waals surface area contributed by atoms with Gasteiger partial charge in [-0.1, -0.05) is 41.9 Å². The molecule has 0 aliphatic rings. The molecule has 0 aliphatic carbocycles. The van der Waals surface area contributed by atoms with Gasteiger partial charge in [-0.15, -0.1) is 0 Å². The van der Waals surface area contributed by atoms with Gasteiger partial charge < -0.3 is 5.32 Å². The summed E-state index contributed by atoms with van der Waals surface area (Å²) in [4.78, 5) is 12.9. The Bertz CT molecular complexity index is 1650. The van der Waals surface area contributed by atoms with Crippen LogP contribution in [-0.4, -0.2) is 29.3 Å². The number of carbonyl (C=O) groups is 1. The lowest BCUT2D eigenvalue weighted by Gasteiger charge is -2.24. The molecule has 0 bridgehead atoms. The zero-order valence-corrected chi connectivity index (χ0v) is 24.1. The molecular formula is C26H21ClIN3O5S2. The summed E-state index contributed by atoms with van der Waals surface area (Å²) in [7, 11) is -7.97. The van der Waals surface area contributed by atoms with Crippen LogP contribution in [-0.2, 0) is 24.8 Å². The van der Waals surface area contributed by atoms with Gasteiger partial charge in [-0.3, -0.25) is 13.8 Å². The lowest BCUT2D eigenvalue weighted by molar-refractivity contribution is -0.114.